The second-order valence-electron chi connectivity index (χ2n) is 10.6. The first-order valence-electron chi connectivity index (χ1n) is 13.9. The highest BCUT2D eigenvalue weighted by Crippen LogP contribution is 2.37. The molecule has 0 N–H and O–H groups in total. The zero-order valence-electron chi connectivity index (χ0n) is 23.1. The topological polar surface area (TPSA) is 69.3 Å². The van der Waals surface area contributed by atoms with Gasteiger partial charge in [-0.25, -0.2) is 0 Å². The largest absolute Gasteiger partial charge is 0.357 e. The summed E-state index contributed by atoms with van der Waals surface area (Å²) in [6.45, 7) is 13.5. The number of carbonyl (C=O) groups is 1. The summed E-state index contributed by atoms with van der Waals surface area (Å²) in [5.74, 6) is 1.72. The Balaban J connectivity index is 2.11. The van der Waals surface area contributed by atoms with Gasteiger partial charge in [0.1, 0.15) is 21.8 Å². The van der Waals surface area contributed by atoms with Crippen molar-refractivity contribution in [3.63, 3.8) is 0 Å². The van der Waals surface area contributed by atoms with Gasteiger partial charge in [0.25, 0.3) is 11.5 Å². The average molecular weight is 543 g/mol. The van der Waals surface area contributed by atoms with Crippen molar-refractivity contribution >= 4 is 46.1 Å². The van der Waals surface area contributed by atoms with Gasteiger partial charge < -0.3 is 4.90 Å². The van der Waals surface area contributed by atoms with Crippen LogP contribution < -0.4 is 10.5 Å². The zero-order valence-corrected chi connectivity index (χ0v) is 24.8. The van der Waals surface area contributed by atoms with Gasteiger partial charge in [-0.1, -0.05) is 77.4 Å². The molecule has 2 unspecified atom stereocenters. The number of aromatic nitrogens is 1. The van der Waals surface area contributed by atoms with E-state index in [1.807, 2.05) is 13.0 Å². The van der Waals surface area contributed by atoms with Gasteiger partial charge in [0.15, 0.2) is 0 Å². The third kappa shape index (κ3) is 6.67. The van der Waals surface area contributed by atoms with E-state index >= 15 is 0 Å². The van der Waals surface area contributed by atoms with E-state index in [1.165, 1.54) is 11.8 Å². The van der Waals surface area contributed by atoms with E-state index in [9.17, 15) is 14.9 Å². The maximum atomic E-state index is 13.6. The van der Waals surface area contributed by atoms with E-state index < -0.39 is 0 Å². The van der Waals surface area contributed by atoms with Crippen LogP contribution in [0.1, 0.15) is 95.8 Å². The smallest absolute Gasteiger partial charge is 0.270 e. The van der Waals surface area contributed by atoms with Crippen LogP contribution in [0.3, 0.4) is 0 Å². The van der Waals surface area contributed by atoms with Gasteiger partial charge in [0, 0.05) is 31.7 Å². The van der Waals surface area contributed by atoms with E-state index in [-0.39, 0.29) is 17.0 Å². The fourth-order valence-corrected chi connectivity index (χ4v) is 6.61. The van der Waals surface area contributed by atoms with Crippen LogP contribution in [-0.2, 0) is 11.3 Å². The van der Waals surface area contributed by atoms with Crippen molar-refractivity contribution in [1.29, 1.82) is 5.26 Å². The minimum Gasteiger partial charge on any atom is -0.357 e. The number of hydrogen-bond acceptors (Lipinski definition) is 6. The lowest BCUT2D eigenvalue weighted by molar-refractivity contribution is -0.122. The van der Waals surface area contributed by atoms with Crippen molar-refractivity contribution in [1.82, 2.24) is 9.47 Å². The third-order valence-corrected chi connectivity index (χ3v) is 9.05. The number of thioether (sulfide) groups is 1. The maximum Gasteiger partial charge on any atom is 0.270 e. The van der Waals surface area contributed by atoms with Crippen molar-refractivity contribution in [3.8, 4) is 6.07 Å². The molecule has 2 fully saturated rings. The molecule has 1 aromatic rings. The lowest BCUT2D eigenvalue weighted by atomic mass is 9.97. The molecule has 8 heteroatoms. The molecule has 202 valence electrons. The summed E-state index contributed by atoms with van der Waals surface area (Å²) >= 11 is 7.00. The maximum absolute atomic E-state index is 13.6. The van der Waals surface area contributed by atoms with Gasteiger partial charge in [-0.15, -0.1) is 0 Å². The molecule has 3 heterocycles. The van der Waals surface area contributed by atoms with Gasteiger partial charge in [0.05, 0.1) is 4.91 Å². The molecule has 2 aliphatic heterocycles. The summed E-state index contributed by atoms with van der Waals surface area (Å²) in [6.07, 6.45) is 10.3. The first kappa shape index (κ1) is 29.4. The van der Waals surface area contributed by atoms with E-state index in [0.29, 0.717) is 39.7 Å². The quantitative estimate of drug-likeness (QED) is 0.235. The van der Waals surface area contributed by atoms with Gasteiger partial charge in [-0.05, 0) is 56.1 Å². The number of nitrogens with zero attached hydrogens (tertiary/aromatic N) is 4. The molecule has 1 amide bonds. The summed E-state index contributed by atoms with van der Waals surface area (Å²) < 4.78 is 2.38. The Morgan fingerprint density at radius 2 is 1.95 bits per heavy atom. The predicted molar refractivity (Wildman–Crippen MR) is 159 cm³/mol. The van der Waals surface area contributed by atoms with Gasteiger partial charge in [-0.3, -0.25) is 19.1 Å². The van der Waals surface area contributed by atoms with E-state index in [1.54, 1.807) is 9.47 Å². The molecular weight excluding hydrogens is 500 g/mol. The first-order valence-corrected chi connectivity index (χ1v) is 15.2. The minimum atomic E-state index is -0.229. The molecule has 1 aromatic heterocycles. The number of thiocarbonyl (C=S) groups is 1. The Labute approximate surface area is 232 Å². The summed E-state index contributed by atoms with van der Waals surface area (Å²) in [4.78, 5) is 31.7. The molecule has 2 aliphatic rings. The van der Waals surface area contributed by atoms with E-state index in [2.05, 4.69) is 38.7 Å². The number of nitriles is 1. The fourth-order valence-electron chi connectivity index (χ4n) is 5.35. The molecule has 2 saturated heterocycles. The Kier molecular flexibility index (Phi) is 10.8. The number of rotatable bonds is 11. The molecule has 37 heavy (non-hydrogen) atoms. The molecule has 0 bridgehead atoms. The second kappa shape index (κ2) is 13.6. The normalized spacial score (nSPS) is 20.1. The summed E-state index contributed by atoms with van der Waals surface area (Å²) in [5, 5.41) is 9.91. The summed E-state index contributed by atoms with van der Waals surface area (Å²) in [6, 6.07) is 2.16. The van der Waals surface area contributed by atoms with E-state index in [4.69, 9.17) is 12.2 Å². The van der Waals surface area contributed by atoms with Crippen molar-refractivity contribution in [2.24, 2.45) is 11.8 Å². The first-order chi connectivity index (χ1) is 17.8. The van der Waals surface area contributed by atoms with Crippen LogP contribution in [0.2, 0.25) is 0 Å². The molecule has 0 aromatic carbocycles. The molecular formula is C29H42N4O2S2. The molecule has 3 rings (SSSR count). The van der Waals surface area contributed by atoms with E-state index in [0.717, 1.165) is 75.8 Å². The van der Waals surface area contributed by atoms with Gasteiger partial charge in [0.2, 0.25) is 0 Å². The Morgan fingerprint density at radius 1 is 1.22 bits per heavy atom. The van der Waals surface area contributed by atoms with Crippen LogP contribution in [0.4, 0.5) is 5.82 Å². The van der Waals surface area contributed by atoms with Crippen LogP contribution in [0.15, 0.2) is 9.70 Å². The highest BCUT2D eigenvalue weighted by Gasteiger charge is 2.34. The Hall–Kier alpha value is -2.11. The number of hydrogen-bond donors (Lipinski definition) is 0. The molecule has 0 spiro atoms. The SMILES string of the molecule is CCCCC(CC)CN1C(=O)/C(=C/c2c(C)c(C#N)c(=O)n(CCCC)c2N2CCCC(C)C2)SC1=S. The number of carbonyl (C=O) groups excluding carboxylic acids is 1. The molecule has 0 saturated carbocycles. The highest BCUT2D eigenvalue weighted by molar-refractivity contribution is 8.26. The number of anilines is 1. The van der Waals surface area contributed by atoms with Crippen LogP contribution in [0.5, 0.6) is 0 Å². The minimum absolute atomic E-state index is 0.0628. The number of piperidine rings is 1. The highest BCUT2D eigenvalue weighted by atomic mass is 32.2. The molecule has 0 radical (unpaired) electrons. The van der Waals surface area contributed by atoms with Crippen LogP contribution in [-0.4, -0.2) is 39.3 Å². The summed E-state index contributed by atoms with van der Waals surface area (Å²) in [7, 11) is 0. The number of unbranched alkanes of at least 4 members (excludes halogenated alkanes) is 2. The van der Waals surface area contributed by atoms with Crippen molar-refractivity contribution in [2.45, 2.75) is 92.5 Å². The lowest BCUT2D eigenvalue weighted by Crippen LogP contribution is -2.40. The van der Waals surface area contributed by atoms with Crippen LogP contribution in [0.25, 0.3) is 6.08 Å². The van der Waals surface area contributed by atoms with Crippen molar-refractivity contribution in [3.05, 3.63) is 31.9 Å². The average Bonchev–Trinajstić information content (AvgIpc) is 3.14. The number of pyridine rings is 1. The van der Waals surface area contributed by atoms with Gasteiger partial charge >= 0.3 is 0 Å². The zero-order chi connectivity index (χ0) is 27.1. The lowest BCUT2D eigenvalue weighted by Gasteiger charge is -2.36. The Morgan fingerprint density at radius 3 is 2.57 bits per heavy atom. The monoisotopic (exact) mass is 542 g/mol. The second-order valence-corrected chi connectivity index (χ2v) is 12.2. The predicted octanol–water partition coefficient (Wildman–Crippen LogP) is 6.48. The Bertz CT molecular complexity index is 1130. The molecule has 0 aliphatic carbocycles. The van der Waals surface area contributed by atoms with Crippen LogP contribution >= 0.6 is 24.0 Å². The van der Waals surface area contributed by atoms with Crippen LogP contribution in [0, 0.1) is 30.1 Å². The standard InChI is InChI=1S/C29H42N4O2S2/c1-6-9-13-22(8-3)19-33-28(35)25(37-29(33)36)16-23-21(5)24(17-30)27(34)32(15-10-7-2)26(23)31-14-11-12-20(4)18-31/h16,20,22H,6-15,18-19H2,1-5H3/b25-16-. The number of amides is 1. The molecule has 2 atom stereocenters. The van der Waals surface area contributed by atoms with Crippen molar-refractivity contribution < 1.29 is 4.79 Å². The summed E-state index contributed by atoms with van der Waals surface area (Å²) in [5.41, 5.74) is 1.39. The van der Waals surface area contributed by atoms with Crippen molar-refractivity contribution in [2.75, 3.05) is 24.5 Å². The molecule has 6 nitrogen and oxygen atoms in total. The van der Waals surface area contributed by atoms with Gasteiger partial charge in [-0.2, -0.15) is 5.26 Å². The third-order valence-electron chi connectivity index (χ3n) is 7.67. The fraction of sp³-hybridized carbons (Fsp3) is 0.655.